The van der Waals surface area contributed by atoms with Crippen molar-refractivity contribution < 1.29 is 14.7 Å². The van der Waals surface area contributed by atoms with Crippen molar-refractivity contribution in [1.82, 2.24) is 14.7 Å². The van der Waals surface area contributed by atoms with Gasteiger partial charge in [-0.3, -0.25) is 19.4 Å². The molecule has 1 saturated carbocycles. The summed E-state index contributed by atoms with van der Waals surface area (Å²) in [5.74, 6) is -0.540. The van der Waals surface area contributed by atoms with Crippen LogP contribution in [0.3, 0.4) is 0 Å². The van der Waals surface area contributed by atoms with E-state index in [2.05, 4.69) is 4.90 Å². The van der Waals surface area contributed by atoms with Gasteiger partial charge in [-0.05, 0) is 45.7 Å². The van der Waals surface area contributed by atoms with Gasteiger partial charge in [-0.2, -0.15) is 0 Å². The summed E-state index contributed by atoms with van der Waals surface area (Å²) in [5.41, 5.74) is 0. The first-order chi connectivity index (χ1) is 11.5. The van der Waals surface area contributed by atoms with Gasteiger partial charge in [0.2, 0.25) is 5.91 Å². The molecule has 0 aromatic heterocycles. The molecule has 0 spiro atoms. The molecule has 1 heterocycles. The van der Waals surface area contributed by atoms with Crippen molar-refractivity contribution in [3.05, 3.63) is 0 Å². The van der Waals surface area contributed by atoms with E-state index in [-0.39, 0.29) is 12.5 Å². The lowest BCUT2D eigenvalue weighted by Gasteiger charge is -2.33. The normalized spacial score (nSPS) is 23.9. The van der Waals surface area contributed by atoms with E-state index in [1.54, 1.807) is 0 Å². The summed E-state index contributed by atoms with van der Waals surface area (Å²) < 4.78 is 0. The molecule has 2 aliphatic rings. The smallest absolute Gasteiger partial charge is 0.317 e. The van der Waals surface area contributed by atoms with E-state index in [1.807, 2.05) is 23.9 Å². The second-order valence-corrected chi connectivity index (χ2v) is 7.47. The van der Waals surface area contributed by atoms with E-state index < -0.39 is 5.97 Å². The number of rotatable bonds is 6. The Balaban J connectivity index is 1.78. The van der Waals surface area contributed by atoms with Crippen LogP contribution in [0.15, 0.2) is 0 Å². The largest absolute Gasteiger partial charge is 0.480 e. The molecular weight excluding hydrogens is 306 g/mol. The maximum Gasteiger partial charge on any atom is 0.317 e. The lowest BCUT2D eigenvalue weighted by atomic mass is 9.94. The van der Waals surface area contributed by atoms with E-state index in [0.29, 0.717) is 18.6 Å². The van der Waals surface area contributed by atoms with Gasteiger partial charge in [0, 0.05) is 25.7 Å². The predicted octanol–water partition coefficient (Wildman–Crippen LogP) is 1.65. The van der Waals surface area contributed by atoms with E-state index in [4.69, 9.17) is 5.11 Å². The highest BCUT2D eigenvalue weighted by Crippen LogP contribution is 2.22. The first-order valence-electron chi connectivity index (χ1n) is 9.37. The fraction of sp³-hybridized carbons (Fsp3) is 0.889. The lowest BCUT2D eigenvalue weighted by Crippen LogP contribution is -2.44. The molecule has 1 aliphatic heterocycles. The first kappa shape index (κ1) is 19.2. The van der Waals surface area contributed by atoms with Crippen molar-refractivity contribution >= 4 is 11.9 Å². The third-order valence-corrected chi connectivity index (χ3v) is 5.67. The minimum Gasteiger partial charge on any atom is -0.480 e. The van der Waals surface area contributed by atoms with Gasteiger partial charge in [0.15, 0.2) is 0 Å². The average Bonchev–Trinajstić information content (AvgIpc) is 2.80. The van der Waals surface area contributed by atoms with Crippen molar-refractivity contribution in [1.29, 1.82) is 0 Å². The molecule has 1 amide bonds. The summed E-state index contributed by atoms with van der Waals surface area (Å²) in [7, 11) is 3.84. The molecule has 1 saturated heterocycles. The second kappa shape index (κ2) is 9.37. The molecule has 6 heteroatoms. The van der Waals surface area contributed by atoms with Crippen LogP contribution in [0.1, 0.15) is 51.4 Å². The van der Waals surface area contributed by atoms with Crippen LogP contribution in [0.25, 0.3) is 0 Å². The van der Waals surface area contributed by atoms with Gasteiger partial charge in [-0.1, -0.05) is 19.3 Å². The van der Waals surface area contributed by atoms with Crippen LogP contribution in [0.5, 0.6) is 0 Å². The number of hydrogen-bond donors (Lipinski definition) is 1. The molecule has 2 fully saturated rings. The van der Waals surface area contributed by atoms with Gasteiger partial charge < -0.3 is 10.0 Å². The highest BCUT2D eigenvalue weighted by molar-refractivity contribution is 5.78. The maximum atomic E-state index is 12.6. The fourth-order valence-electron chi connectivity index (χ4n) is 4.05. The Kier molecular flexibility index (Phi) is 7.49. The molecule has 2 rings (SSSR count). The molecule has 1 N–H and O–H groups in total. The maximum absolute atomic E-state index is 12.6. The topological polar surface area (TPSA) is 64.1 Å². The second-order valence-electron chi connectivity index (χ2n) is 7.47. The van der Waals surface area contributed by atoms with Crippen LogP contribution in [0, 0.1) is 0 Å². The molecule has 0 bridgehead atoms. The first-order valence-corrected chi connectivity index (χ1v) is 9.37. The van der Waals surface area contributed by atoms with Crippen LogP contribution >= 0.6 is 0 Å². The SMILES string of the molecule is CN(CC(=O)O)C1CCCN(CC(=O)N(C)C2CCCCC2)CC1. The summed E-state index contributed by atoms with van der Waals surface area (Å²) >= 11 is 0. The highest BCUT2D eigenvalue weighted by atomic mass is 16.4. The molecule has 6 nitrogen and oxygen atoms in total. The number of hydrogen-bond acceptors (Lipinski definition) is 4. The number of likely N-dealkylation sites (N-methyl/N-ethyl adjacent to an activating group) is 2. The number of nitrogens with zero attached hydrogens (tertiary/aromatic N) is 3. The third-order valence-electron chi connectivity index (χ3n) is 5.67. The Hall–Kier alpha value is -1.14. The number of amides is 1. The fourth-order valence-corrected chi connectivity index (χ4v) is 4.05. The van der Waals surface area contributed by atoms with Crippen molar-refractivity contribution in [2.75, 3.05) is 40.3 Å². The van der Waals surface area contributed by atoms with Crippen LogP contribution in [-0.4, -0.2) is 84.0 Å². The molecule has 1 aliphatic carbocycles. The minimum absolute atomic E-state index is 0.0913. The summed E-state index contributed by atoms with van der Waals surface area (Å²) in [6.45, 7) is 2.40. The summed E-state index contributed by atoms with van der Waals surface area (Å²) in [6, 6.07) is 0.727. The molecule has 1 atom stereocenters. The van der Waals surface area contributed by atoms with Crippen LogP contribution in [0.4, 0.5) is 0 Å². The zero-order valence-electron chi connectivity index (χ0n) is 15.2. The molecule has 1 unspecified atom stereocenters. The number of carbonyl (C=O) groups excluding carboxylic acids is 1. The van der Waals surface area contributed by atoms with Gasteiger partial charge in [0.1, 0.15) is 0 Å². The average molecular weight is 339 g/mol. The molecular formula is C18H33N3O3. The van der Waals surface area contributed by atoms with Crippen molar-refractivity contribution in [3.8, 4) is 0 Å². The minimum atomic E-state index is -0.775. The van der Waals surface area contributed by atoms with E-state index in [0.717, 1.165) is 45.2 Å². The summed E-state index contributed by atoms with van der Waals surface area (Å²) in [4.78, 5) is 29.6. The molecule has 24 heavy (non-hydrogen) atoms. The quantitative estimate of drug-likeness (QED) is 0.797. The van der Waals surface area contributed by atoms with Gasteiger partial charge in [-0.25, -0.2) is 0 Å². The van der Waals surface area contributed by atoms with Crippen LogP contribution < -0.4 is 0 Å². The van der Waals surface area contributed by atoms with Gasteiger partial charge in [0.25, 0.3) is 0 Å². The van der Waals surface area contributed by atoms with Crippen molar-refractivity contribution in [2.45, 2.75) is 63.5 Å². The lowest BCUT2D eigenvalue weighted by molar-refractivity contribution is -0.138. The van der Waals surface area contributed by atoms with E-state index in [9.17, 15) is 9.59 Å². The van der Waals surface area contributed by atoms with Gasteiger partial charge in [-0.15, -0.1) is 0 Å². The summed E-state index contributed by atoms with van der Waals surface area (Å²) in [5, 5.41) is 8.94. The molecule has 0 aromatic rings. The predicted molar refractivity (Wildman–Crippen MR) is 94.0 cm³/mol. The third kappa shape index (κ3) is 5.74. The van der Waals surface area contributed by atoms with Crippen LogP contribution in [-0.2, 0) is 9.59 Å². The van der Waals surface area contributed by atoms with E-state index in [1.165, 1.54) is 19.3 Å². The number of aliphatic carboxylic acids is 1. The number of carboxylic acids is 1. The number of likely N-dealkylation sites (tertiary alicyclic amines) is 1. The van der Waals surface area contributed by atoms with Gasteiger partial charge in [0.05, 0.1) is 13.1 Å². The monoisotopic (exact) mass is 339 g/mol. The Labute approximate surface area is 145 Å². The zero-order chi connectivity index (χ0) is 17.5. The molecule has 0 radical (unpaired) electrons. The van der Waals surface area contributed by atoms with Crippen LogP contribution in [0.2, 0.25) is 0 Å². The number of carboxylic acid groups (broad SMARTS) is 1. The standard InChI is InChI=1S/C18H33N3O3/c1-19(14-18(23)24)15-9-6-11-21(12-10-15)13-17(22)20(2)16-7-4-3-5-8-16/h15-16H,3-14H2,1-2H3,(H,23,24). The number of carbonyl (C=O) groups is 2. The molecule has 138 valence electrons. The van der Waals surface area contributed by atoms with Gasteiger partial charge >= 0.3 is 5.97 Å². The van der Waals surface area contributed by atoms with Crippen molar-refractivity contribution in [2.24, 2.45) is 0 Å². The summed E-state index contributed by atoms with van der Waals surface area (Å²) in [6.07, 6.45) is 9.03. The Bertz CT molecular complexity index is 424. The highest BCUT2D eigenvalue weighted by Gasteiger charge is 2.26. The Morgan fingerprint density at radius 3 is 2.29 bits per heavy atom. The Morgan fingerprint density at radius 2 is 1.62 bits per heavy atom. The van der Waals surface area contributed by atoms with Crippen molar-refractivity contribution in [3.63, 3.8) is 0 Å². The van der Waals surface area contributed by atoms with E-state index >= 15 is 0 Å². The molecule has 0 aromatic carbocycles. The zero-order valence-corrected chi connectivity index (χ0v) is 15.2. The Morgan fingerprint density at radius 1 is 0.958 bits per heavy atom.